The van der Waals surface area contributed by atoms with Gasteiger partial charge in [0.15, 0.2) is 0 Å². The first-order valence-electron chi connectivity index (χ1n) is 8.34. The van der Waals surface area contributed by atoms with Gasteiger partial charge in [-0.05, 0) is 65.8 Å². The topological polar surface area (TPSA) is 12.0 Å². The molecule has 2 heteroatoms. The zero-order chi connectivity index (χ0) is 15.0. The Hall–Kier alpha value is -0.860. The molecule has 114 valence electrons. The van der Waals surface area contributed by atoms with Crippen LogP contribution in [0.5, 0.6) is 0 Å². The van der Waals surface area contributed by atoms with Crippen LogP contribution < -0.4 is 5.32 Å². The molecule has 0 saturated carbocycles. The first-order chi connectivity index (χ1) is 10.0. The van der Waals surface area contributed by atoms with Gasteiger partial charge in [0.1, 0.15) is 0 Å². The minimum absolute atomic E-state index is 0.548. The fourth-order valence-corrected chi connectivity index (χ4v) is 4.57. The van der Waals surface area contributed by atoms with Gasteiger partial charge < -0.3 is 5.32 Å². The third kappa shape index (κ3) is 3.17. The number of hydrogen-bond donors (Lipinski definition) is 1. The minimum Gasteiger partial charge on any atom is -0.310 e. The van der Waals surface area contributed by atoms with Gasteiger partial charge in [-0.1, -0.05) is 27.7 Å². The second-order valence-corrected chi connectivity index (χ2v) is 8.24. The highest BCUT2D eigenvalue weighted by Crippen LogP contribution is 2.37. The van der Waals surface area contributed by atoms with Crippen LogP contribution in [0.2, 0.25) is 0 Å². The molecule has 0 fully saturated rings. The van der Waals surface area contributed by atoms with Crippen LogP contribution in [0.1, 0.15) is 55.7 Å². The van der Waals surface area contributed by atoms with Crippen molar-refractivity contribution in [3.8, 4) is 0 Å². The second kappa shape index (κ2) is 6.10. The molecule has 0 atom stereocenters. The third-order valence-corrected chi connectivity index (χ3v) is 5.57. The Kier molecular flexibility index (Phi) is 4.37. The third-order valence-electron chi connectivity index (χ3n) is 4.37. The Labute approximate surface area is 132 Å². The average molecular weight is 301 g/mol. The minimum atomic E-state index is 0.548. The van der Waals surface area contributed by atoms with E-state index in [9.17, 15) is 0 Å². The van der Waals surface area contributed by atoms with Gasteiger partial charge >= 0.3 is 0 Å². The highest BCUT2D eigenvalue weighted by molar-refractivity contribution is 7.19. The predicted octanol–water partition coefficient (Wildman–Crippen LogP) is 5.09. The van der Waals surface area contributed by atoms with Crippen LogP contribution in [0.3, 0.4) is 0 Å². The van der Waals surface area contributed by atoms with Crippen molar-refractivity contribution in [1.82, 2.24) is 5.32 Å². The average Bonchev–Trinajstić information content (AvgIpc) is 2.98. The summed E-state index contributed by atoms with van der Waals surface area (Å²) in [6.45, 7) is 10.1. The fraction of sp³-hybridized carbons (Fsp3) is 0.579. The normalized spacial score (nSPS) is 14.6. The number of hydrogen-bond acceptors (Lipinski definition) is 2. The molecule has 0 radical (unpaired) electrons. The zero-order valence-corrected chi connectivity index (χ0v) is 14.6. The molecule has 1 nitrogen and oxygen atoms in total. The lowest BCUT2D eigenvalue weighted by atomic mass is 9.97. The van der Waals surface area contributed by atoms with Crippen molar-refractivity contribution in [3.63, 3.8) is 0 Å². The van der Waals surface area contributed by atoms with E-state index in [2.05, 4.69) is 45.1 Å². The summed E-state index contributed by atoms with van der Waals surface area (Å²) in [4.78, 5) is 1.55. The van der Waals surface area contributed by atoms with Crippen molar-refractivity contribution < 1.29 is 0 Å². The Morgan fingerprint density at radius 2 is 1.81 bits per heavy atom. The molecule has 1 heterocycles. The molecule has 0 bridgehead atoms. The monoisotopic (exact) mass is 301 g/mol. The SMILES string of the molecule is CC(C)Cc1c(CNC(C)C)sc2cc3c(cc12)CCC3. The van der Waals surface area contributed by atoms with Gasteiger partial charge in [-0.15, -0.1) is 11.3 Å². The van der Waals surface area contributed by atoms with E-state index in [-0.39, 0.29) is 0 Å². The molecule has 0 unspecified atom stereocenters. The highest BCUT2D eigenvalue weighted by atomic mass is 32.1. The van der Waals surface area contributed by atoms with Gasteiger partial charge in [0.05, 0.1) is 0 Å². The van der Waals surface area contributed by atoms with E-state index in [4.69, 9.17) is 0 Å². The summed E-state index contributed by atoms with van der Waals surface area (Å²) in [5.74, 6) is 0.717. The van der Waals surface area contributed by atoms with Crippen molar-refractivity contribution in [2.75, 3.05) is 0 Å². The Balaban J connectivity index is 2.04. The van der Waals surface area contributed by atoms with Crippen molar-refractivity contribution in [2.45, 2.75) is 66.0 Å². The smallest absolute Gasteiger partial charge is 0.0351 e. The first kappa shape index (κ1) is 15.1. The van der Waals surface area contributed by atoms with E-state index in [1.54, 1.807) is 21.6 Å². The summed E-state index contributed by atoms with van der Waals surface area (Å²) >= 11 is 2.01. The van der Waals surface area contributed by atoms with Gasteiger partial charge in [0.25, 0.3) is 0 Å². The molecule has 0 saturated heterocycles. The van der Waals surface area contributed by atoms with Crippen LogP contribution in [0.4, 0.5) is 0 Å². The fourth-order valence-electron chi connectivity index (χ4n) is 3.34. The Morgan fingerprint density at radius 1 is 1.10 bits per heavy atom. The summed E-state index contributed by atoms with van der Waals surface area (Å²) in [6.07, 6.45) is 5.10. The maximum atomic E-state index is 3.60. The number of rotatable bonds is 5. The van der Waals surface area contributed by atoms with Crippen molar-refractivity contribution >= 4 is 21.4 Å². The van der Waals surface area contributed by atoms with E-state index >= 15 is 0 Å². The standard InChI is InChI=1S/C19H27NS/c1-12(2)8-16-17-9-14-6-5-7-15(14)10-18(17)21-19(16)11-20-13(3)4/h9-10,12-13,20H,5-8,11H2,1-4H3. The number of fused-ring (bicyclic) bond motifs is 2. The maximum absolute atomic E-state index is 3.60. The summed E-state index contributed by atoms with van der Waals surface area (Å²) in [6, 6.07) is 5.53. The van der Waals surface area contributed by atoms with Crippen LogP contribution in [-0.4, -0.2) is 6.04 Å². The van der Waals surface area contributed by atoms with Crippen LogP contribution in [0.25, 0.3) is 10.1 Å². The predicted molar refractivity (Wildman–Crippen MR) is 94.4 cm³/mol. The van der Waals surface area contributed by atoms with Gasteiger partial charge in [-0.25, -0.2) is 0 Å². The Bertz CT molecular complexity index is 637. The summed E-state index contributed by atoms with van der Waals surface area (Å²) in [5.41, 5.74) is 4.81. The van der Waals surface area contributed by atoms with Crippen LogP contribution in [0, 0.1) is 5.92 Å². The van der Waals surface area contributed by atoms with Crippen molar-refractivity contribution in [2.24, 2.45) is 5.92 Å². The van der Waals surface area contributed by atoms with Gasteiger partial charge in [0, 0.05) is 22.2 Å². The molecule has 1 aliphatic carbocycles. The number of benzene rings is 1. The van der Waals surface area contributed by atoms with Gasteiger partial charge in [-0.2, -0.15) is 0 Å². The molecule has 0 amide bonds. The highest BCUT2D eigenvalue weighted by Gasteiger charge is 2.18. The largest absolute Gasteiger partial charge is 0.310 e. The van der Waals surface area contributed by atoms with Crippen molar-refractivity contribution in [1.29, 1.82) is 0 Å². The van der Waals surface area contributed by atoms with Gasteiger partial charge in [0.2, 0.25) is 0 Å². The second-order valence-electron chi connectivity index (χ2n) is 7.11. The van der Waals surface area contributed by atoms with E-state index in [0.29, 0.717) is 12.0 Å². The van der Waals surface area contributed by atoms with Crippen LogP contribution in [0.15, 0.2) is 12.1 Å². The summed E-state index contributed by atoms with van der Waals surface area (Å²) < 4.78 is 1.51. The lowest BCUT2D eigenvalue weighted by molar-refractivity contribution is 0.585. The van der Waals surface area contributed by atoms with Gasteiger partial charge in [-0.3, -0.25) is 0 Å². The van der Waals surface area contributed by atoms with E-state index in [1.807, 2.05) is 11.3 Å². The zero-order valence-electron chi connectivity index (χ0n) is 13.8. The summed E-state index contributed by atoms with van der Waals surface area (Å²) in [5, 5.41) is 5.14. The molecule has 0 aliphatic heterocycles. The molecule has 21 heavy (non-hydrogen) atoms. The number of thiophene rings is 1. The molecule has 0 spiro atoms. The molecule has 1 N–H and O–H groups in total. The van der Waals surface area contributed by atoms with Crippen molar-refractivity contribution in [3.05, 3.63) is 33.7 Å². The van der Waals surface area contributed by atoms with Crippen LogP contribution >= 0.6 is 11.3 Å². The first-order valence-corrected chi connectivity index (χ1v) is 9.15. The quantitative estimate of drug-likeness (QED) is 0.811. The molecule has 2 aromatic rings. The molecule has 1 aromatic heterocycles. The van der Waals surface area contributed by atoms with E-state index in [1.165, 1.54) is 35.8 Å². The molecular formula is C19H27NS. The lowest BCUT2D eigenvalue weighted by Crippen LogP contribution is -2.21. The van der Waals surface area contributed by atoms with E-state index < -0.39 is 0 Å². The Morgan fingerprint density at radius 3 is 2.48 bits per heavy atom. The molecular weight excluding hydrogens is 274 g/mol. The molecule has 1 aromatic carbocycles. The molecule has 3 rings (SSSR count). The van der Waals surface area contributed by atoms with Crippen LogP contribution in [-0.2, 0) is 25.8 Å². The maximum Gasteiger partial charge on any atom is 0.0351 e. The number of nitrogens with one attached hydrogen (secondary N) is 1. The van der Waals surface area contributed by atoms with E-state index in [0.717, 1.165) is 6.54 Å². The molecule has 1 aliphatic rings. The summed E-state index contributed by atoms with van der Waals surface area (Å²) in [7, 11) is 0. The number of aryl methyl sites for hydroxylation is 2. The lowest BCUT2D eigenvalue weighted by Gasteiger charge is -2.11.